The van der Waals surface area contributed by atoms with Gasteiger partial charge < -0.3 is 4.52 Å². The Labute approximate surface area is 112 Å². The van der Waals surface area contributed by atoms with Crippen LogP contribution < -0.4 is 11.3 Å². The van der Waals surface area contributed by atoms with Crippen molar-refractivity contribution in [3.63, 3.8) is 0 Å². The maximum atomic E-state index is 11.5. The first kappa shape index (κ1) is 12.7. The number of nitrogens with one attached hydrogen (secondary N) is 1. The zero-order valence-corrected chi connectivity index (χ0v) is 11.2. The Morgan fingerprint density at radius 3 is 2.68 bits per heavy atom. The second-order valence-corrected chi connectivity index (χ2v) is 5.73. The van der Waals surface area contributed by atoms with Crippen molar-refractivity contribution < 1.29 is 9.32 Å². The van der Waals surface area contributed by atoms with Crippen molar-refractivity contribution in [1.82, 2.24) is 10.6 Å². The molecule has 1 saturated carbocycles. The van der Waals surface area contributed by atoms with Crippen molar-refractivity contribution in [1.29, 1.82) is 0 Å². The van der Waals surface area contributed by atoms with Crippen LogP contribution in [0.1, 0.15) is 61.5 Å². The van der Waals surface area contributed by atoms with Gasteiger partial charge in [-0.25, -0.2) is 5.84 Å². The Morgan fingerprint density at radius 1 is 1.21 bits per heavy atom. The zero-order valence-electron chi connectivity index (χ0n) is 11.2. The van der Waals surface area contributed by atoms with Gasteiger partial charge in [0.15, 0.2) is 0 Å². The minimum absolute atomic E-state index is 0.0272. The minimum Gasteiger partial charge on any atom is -0.361 e. The van der Waals surface area contributed by atoms with E-state index in [1.807, 2.05) is 0 Å². The fourth-order valence-corrected chi connectivity index (χ4v) is 3.48. The lowest BCUT2D eigenvalue weighted by atomic mass is 9.78. The standard InChI is InChI=1S/C14H21N3O2/c15-16-14(18)10-7-5-9(6-8-10)13-11-3-1-2-4-12(11)19-17-13/h9-10H,1-8,15H2,(H,16,18). The quantitative estimate of drug-likeness (QED) is 0.484. The van der Waals surface area contributed by atoms with Crippen LogP contribution in [0, 0.1) is 5.92 Å². The van der Waals surface area contributed by atoms with Gasteiger partial charge in [0.1, 0.15) is 5.76 Å². The molecule has 1 aromatic rings. The van der Waals surface area contributed by atoms with Gasteiger partial charge in [0, 0.05) is 23.8 Å². The highest BCUT2D eigenvalue weighted by atomic mass is 16.5. The fourth-order valence-electron chi connectivity index (χ4n) is 3.48. The average molecular weight is 263 g/mol. The molecule has 1 amide bonds. The summed E-state index contributed by atoms with van der Waals surface area (Å²) in [5.41, 5.74) is 4.79. The third-order valence-electron chi connectivity index (χ3n) is 4.61. The summed E-state index contributed by atoms with van der Waals surface area (Å²) in [6, 6.07) is 0. The largest absolute Gasteiger partial charge is 0.361 e. The van der Waals surface area contributed by atoms with Gasteiger partial charge in [0.05, 0.1) is 5.69 Å². The van der Waals surface area contributed by atoms with Crippen LogP contribution in [0.2, 0.25) is 0 Å². The highest BCUT2D eigenvalue weighted by molar-refractivity contribution is 5.78. The smallest absolute Gasteiger partial charge is 0.236 e. The normalized spacial score (nSPS) is 26.8. The molecule has 5 nitrogen and oxygen atoms in total. The molecule has 1 fully saturated rings. The SMILES string of the molecule is NNC(=O)C1CCC(c2noc3c2CCCC3)CC1. The number of amides is 1. The van der Waals surface area contributed by atoms with Crippen LogP contribution in [0.15, 0.2) is 4.52 Å². The van der Waals surface area contributed by atoms with Gasteiger partial charge >= 0.3 is 0 Å². The van der Waals surface area contributed by atoms with Crippen molar-refractivity contribution in [3.8, 4) is 0 Å². The molecule has 1 heterocycles. The summed E-state index contributed by atoms with van der Waals surface area (Å²) in [5, 5.41) is 4.31. The van der Waals surface area contributed by atoms with E-state index in [0.717, 1.165) is 44.3 Å². The fraction of sp³-hybridized carbons (Fsp3) is 0.714. The van der Waals surface area contributed by atoms with Crippen LogP contribution in [0.3, 0.4) is 0 Å². The first-order valence-corrected chi connectivity index (χ1v) is 7.27. The number of fused-ring (bicyclic) bond motifs is 1. The zero-order chi connectivity index (χ0) is 13.2. The number of hydrogen-bond donors (Lipinski definition) is 2. The van der Waals surface area contributed by atoms with Crippen molar-refractivity contribution in [2.24, 2.45) is 11.8 Å². The lowest BCUT2D eigenvalue weighted by Crippen LogP contribution is -2.37. The molecule has 0 unspecified atom stereocenters. The number of nitrogens with zero attached hydrogens (tertiary/aromatic N) is 1. The predicted octanol–water partition coefficient (Wildman–Crippen LogP) is 1.82. The summed E-state index contributed by atoms with van der Waals surface area (Å²) in [6.07, 6.45) is 8.42. The van der Waals surface area contributed by atoms with Gasteiger partial charge in [-0.1, -0.05) is 5.16 Å². The maximum Gasteiger partial charge on any atom is 0.236 e. The third kappa shape index (κ3) is 2.39. The number of hydrogen-bond acceptors (Lipinski definition) is 4. The summed E-state index contributed by atoms with van der Waals surface area (Å²) in [5.74, 6) is 6.81. The van der Waals surface area contributed by atoms with Gasteiger partial charge in [0.2, 0.25) is 5.91 Å². The Hall–Kier alpha value is -1.36. The third-order valence-corrected chi connectivity index (χ3v) is 4.61. The van der Waals surface area contributed by atoms with Gasteiger partial charge in [-0.2, -0.15) is 0 Å². The van der Waals surface area contributed by atoms with E-state index in [1.165, 1.54) is 24.1 Å². The maximum absolute atomic E-state index is 11.5. The predicted molar refractivity (Wildman–Crippen MR) is 70.2 cm³/mol. The molecular formula is C14H21N3O2. The molecule has 0 radical (unpaired) electrons. The van der Waals surface area contributed by atoms with Crippen LogP contribution in [-0.2, 0) is 17.6 Å². The van der Waals surface area contributed by atoms with E-state index in [-0.39, 0.29) is 11.8 Å². The molecular weight excluding hydrogens is 242 g/mol. The summed E-state index contributed by atoms with van der Waals surface area (Å²) in [6.45, 7) is 0. The number of rotatable bonds is 2. The van der Waals surface area contributed by atoms with E-state index in [2.05, 4.69) is 10.6 Å². The highest BCUT2D eigenvalue weighted by Crippen LogP contribution is 2.38. The number of carbonyl (C=O) groups is 1. The first-order chi connectivity index (χ1) is 9.29. The molecule has 0 saturated heterocycles. The van der Waals surface area contributed by atoms with Crippen molar-refractivity contribution in [2.75, 3.05) is 0 Å². The number of nitrogens with two attached hydrogens (primary N) is 1. The van der Waals surface area contributed by atoms with Crippen LogP contribution >= 0.6 is 0 Å². The lowest BCUT2D eigenvalue weighted by Gasteiger charge is -2.26. The molecule has 0 aliphatic heterocycles. The van der Waals surface area contributed by atoms with Crippen LogP contribution in [-0.4, -0.2) is 11.1 Å². The Morgan fingerprint density at radius 2 is 1.95 bits per heavy atom. The van der Waals surface area contributed by atoms with Crippen molar-refractivity contribution in [3.05, 3.63) is 17.0 Å². The first-order valence-electron chi connectivity index (χ1n) is 7.27. The van der Waals surface area contributed by atoms with Gasteiger partial charge in [-0.3, -0.25) is 10.2 Å². The van der Waals surface area contributed by atoms with E-state index in [1.54, 1.807) is 0 Å². The summed E-state index contributed by atoms with van der Waals surface area (Å²) in [7, 11) is 0. The molecule has 104 valence electrons. The molecule has 0 aromatic carbocycles. The lowest BCUT2D eigenvalue weighted by molar-refractivity contribution is -0.126. The molecule has 19 heavy (non-hydrogen) atoms. The van der Waals surface area contributed by atoms with E-state index >= 15 is 0 Å². The van der Waals surface area contributed by atoms with Crippen LogP contribution in [0.25, 0.3) is 0 Å². The van der Waals surface area contributed by atoms with E-state index < -0.39 is 0 Å². The van der Waals surface area contributed by atoms with Gasteiger partial charge in [-0.05, 0) is 44.9 Å². The Balaban J connectivity index is 1.68. The highest BCUT2D eigenvalue weighted by Gasteiger charge is 2.31. The molecule has 3 rings (SSSR count). The monoisotopic (exact) mass is 263 g/mol. The molecule has 2 aliphatic rings. The van der Waals surface area contributed by atoms with Crippen LogP contribution in [0.5, 0.6) is 0 Å². The topological polar surface area (TPSA) is 81.1 Å². The molecule has 3 N–H and O–H groups in total. The van der Waals surface area contributed by atoms with Crippen molar-refractivity contribution in [2.45, 2.75) is 57.3 Å². The number of aryl methyl sites for hydroxylation is 1. The molecule has 2 aliphatic carbocycles. The Bertz CT molecular complexity index is 461. The summed E-state index contributed by atoms with van der Waals surface area (Å²) < 4.78 is 5.49. The molecule has 0 atom stereocenters. The summed E-state index contributed by atoms with van der Waals surface area (Å²) >= 11 is 0. The van der Waals surface area contributed by atoms with Gasteiger partial charge in [-0.15, -0.1) is 0 Å². The molecule has 1 aromatic heterocycles. The number of carbonyl (C=O) groups excluding carboxylic acids is 1. The second kappa shape index (κ2) is 5.33. The van der Waals surface area contributed by atoms with Crippen molar-refractivity contribution >= 4 is 5.91 Å². The average Bonchev–Trinajstić information content (AvgIpc) is 2.90. The summed E-state index contributed by atoms with van der Waals surface area (Å²) in [4.78, 5) is 11.5. The second-order valence-electron chi connectivity index (χ2n) is 5.73. The molecule has 0 spiro atoms. The molecule has 0 bridgehead atoms. The number of aromatic nitrogens is 1. The number of hydrazine groups is 1. The van der Waals surface area contributed by atoms with E-state index in [9.17, 15) is 4.79 Å². The van der Waals surface area contributed by atoms with E-state index in [4.69, 9.17) is 10.4 Å². The minimum atomic E-state index is -0.0272. The van der Waals surface area contributed by atoms with Crippen LogP contribution in [0.4, 0.5) is 0 Å². The van der Waals surface area contributed by atoms with Gasteiger partial charge in [0.25, 0.3) is 0 Å². The van der Waals surface area contributed by atoms with E-state index in [0.29, 0.717) is 5.92 Å². The Kier molecular flexibility index (Phi) is 3.55. The molecule has 5 heteroatoms.